The molecule has 10 rings (SSSR count). The summed E-state index contributed by atoms with van der Waals surface area (Å²) in [4.78, 5) is 2.43. The van der Waals surface area contributed by atoms with Crippen LogP contribution in [-0.4, -0.2) is 0 Å². The molecule has 1 aliphatic rings. The summed E-state index contributed by atoms with van der Waals surface area (Å²) in [5, 5.41) is 4.65. The highest BCUT2D eigenvalue weighted by Crippen LogP contribution is 2.55. The highest BCUT2D eigenvalue weighted by molar-refractivity contribution is 6.24. The Balaban J connectivity index is 1.28. The molecule has 0 N–H and O–H groups in total. The largest absolute Gasteiger partial charge is 0.453 e. The maximum absolute atomic E-state index is 7.19. The third-order valence-electron chi connectivity index (χ3n) is 10.8. The molecule has 8 aromatic carbocycles. The Labute approximate surface area is 297 Å². The van der Waals surface area contributed by atoms with E-state index in [2.05, 4.69) is 195 Å². The number of rotatable bonds is 5. The first-order chi connectivity index (χ1) is 25.1. The normalized spacial score (nSPS) is 13.1. The van der Waals surface area contributed by atoms with E-state index in [0.29, 0.717) is 0 Å². The first kappa shape index (κ1) is 29.5. The van der Waals surface area contributed by atoms with Gasteiger partial charge in [0.15, 0.2) is 5.58 Å². The van der Waals surface area contributed by atoms with Gasteiger partial charge in [-0.05, 0) is 80.0 Å². The summed E-state index contributed by atoms with van der Waals surface area (Å²) < 4.78 is 7.19. The molecule has 0 fully saturated rings. The molecule has 51 heavy (non-hydrogen) atoms. The first-order valence-electron chi connectivity index (χ1n) is 17.7. The van der Waals surface area contributed by atoms with Crippen LogP contribution >= 0.6 is 0 Å². The van der Waals surface area contributed by atoms with Gasteiger partial charge in [-0.25, -0.2) is 0 Å². The van der Waals surface area contributed by atoms with Gasteiger partial charge in [0, 0.05) is 27.4 Å². The van der Waals surface area contributed by atoms with E-state index in [9.17, 15) is 0 Å². The lowest BCUT2D eigenvalue weighted by Gasteiger charge is -2.32. The van der Waals surface area contributed by atoms with E-state index in [4.69, 9.17) is 4.42 Å². The van der Waals surface area contributed by atoms with Gasteiger partial charge in [0.25, 0.3) is 0 Å². The number of para-hydroxylation sites is 1. The molecule has 0 spiro atoms. The summed E-state index contributed by atoms with van der Waals surface area (Å²) in [5.41, 5.74) is 14.7. The highest BCUT2D eigenvalue weighted by Gasteiger charge is 2.39. The molecule has 0 amide bonds. The van der Waals surface area contributed by atoms with Gasteiger partial charge in [-0.2, -0.15) is 0 Å². The van der Waals surface area contributed by atoms with Crippen molar-refractivity contribution in [2.75, 3.05) is 4.90 Å². The Bertz CT molecular complexity index is 2760. The van der Waals surface area contributed by atoms with Crippen LogP contribution in [0.2, 0.25) is 0 Å². The van der Waals surface area contributed by atoms with Crippen LogP contribution in [-0.2, 0) is 5.41 Å². The monoisotopic (exact) mass is 653 g/mol. The van der Waals surface area contributed by atoms with Crippen molar-refractivity contribution in [3.63, 3.8) is 0 Å². The van der Waals surface area contributed by atoms with Crippen molar-refractivity contribution in [1.29, 1.82) is 0 Å². The van der Waals surface area contributed by atoms with Crippen LogP contribution in [0, 0.1) is 0 Å². The van der Waals surface area contributed by atoms with E-state index in [0.717, 1.165) is 50.1 Å². The molecule has 1 aliphatic carbocycles. The second kappa shape index (κ2) is 11.3. The molecule has 9 aromatic rings. The van der Waals surface area contributed by atoms with Crippen LogP contribution in [0.1, 0.15) is 25.0 Å². The molecule has 0 saturated heterocycles. The average molecular weight is 654 g/mol. The number of hydrogen-bond acceptors (Lipinski definition) is 2. The third kappa shape index (κ3) is 4.50. The molecule has 0 aliphatic heterocycles. The Morgan fingerprint density at radius 2 is 1.06 bits per heavy atom. The summed E-state index contributed by atoms with van der Waals surface area (Å²) in [6.07, 6.45) is 0. The molecule has 0 atom stereocenters. The fraction of sp³-hybridized carbons (Fsp3) is 0.0612. The quantitative estimate of drug-likeness (QED) is 0.184. The topological polar surface area (TPSA) is 16.4 Å². The zero-order valence-electron chi connectivity index (χ0n) is 28.6. The van der Waals surface area contributed by atoms with Crippen LogP contribution in [0.15, 0.2) is 180 Å². The summed E-state index contributed by atoms with van der Waals surface area (Å²) in [7, 11) is 0. The lowest BCUT2D eigenvalue weighted by atomic mass is 9.81. The number of hydrogen-bond donors (Lipinski definition) is 0. The predicted octanol–water partition coefficient (Wildman–Crippen LogP) is 13.8. The summed E-state index contributed by atoms with van der Waals surface area (Å²) >= 11 is 0. The lowest BCUT2D eigenvalue weighted by molar-refractivity contribution is 0.659. The van der Waals surface area contributed by atoms with Gasteiger partial charge >= 0.3 is 0 Å². The van der Waals surface area contributed by atoms with Gasteiger partial charge in [-0.15, -0.1) is 0 Å². The minimum atomic E-state index is -0.205. The highest BCUT2D eigenvalue weighted by atomic mass is 16.3. The molecule has 2 nitrogen and oxygen atoms in total. The van der Waals surface area contributed by atoms with E-state index in [1.807, 2.05) is 0 Å². The predicted molar refractivity (Wildman–Crippen MR) is 214 cm³/mol. The van der Waals surface area contributed by atoms with Gasteiger partial charge < -0.3 is 9.32 Å². The van der Waals surface area contributed by atoms with Gasteiger partial charge in [0.1, 0.15) is 5.58 Å². The van der Waals surface area contributed by atoms with Crippen molar-refractivity contribution >= 4 is 49.8 Å². The molecule has 242 valence electrons. The summed E-state index contributed by atoms with van der Waals surface area (Å²) in [6.45, 7) is 4.72. The van der Waals surface area contributed by atoms with Crippen LogP contribution in [0.3, 0.4) is 0 Å². The van der Waals surface area contributed by atoms with Crippen LogP contribution in [0.4, 0.5) is 17.1 Å². The van der Waals surface area contributed by atoms with Crippen LogP contribution < -0.4 is 4.90 Å². The third-order valence-corrected chi connectivity index (χ3v) is 10.8. The van der Waals surface area contributed by atoms with Crippen molar-refractivity contribution in [2.24, 2.45) is 0 Å². The number of furan rings is 1. The molecular formula is C49H35NO. The zero-order chi connectivity index (χ0) is 34.1. The second-order valence-corrected chi connectivity index (χ2v) is 14.1. The molecule has 0 radical (unpaired) electrons. The number of nitrogens with zero attached hydrogens (tertiary/aromatic N) is 1. The zero-order valence-corrected chi connectivity index (χ0v) is 28.6. The molecule has 1 heterocycles. The summed E-state index contributed by atoms with van der Waals surface area (Å²) in [5.74, 6) is 0. The van der Waals surface area contributed by atoms with Gasteiger partial charge in [-0.1, -0.05) is 159 Å². The average Bonchev–Trinajstić information content (AvgIpc) is 3.70. The van der Waals surface area contributed by atoms with Gasteiger partial charge in [-0.3, -0.25) is 0 Å². The van der Waals surface area contributed by atoms with E-state index in [1.54, 1.807) is 0 Å². The minimum absolute atomic E-state index is 0.205. The van der Waals surface area contributed by atoms with Crippen molar-refractivity contribution in [3.05, 3.63) is 187 Å². The Morgan fingerprint density at radius 1 is 0.451 bits per heavy atom. The lowest BCUT2D eigenvalue weighted by Crippen LogP contribution is -2.20. The molecular weight excluding hydrogens is 619 g/mol. The van der Waals surface area contributed by atoms with E-state index >= 15 is 0 Å². The molecule has 1 aromatic heterocycles. The van der Waals surface area contributed by atoms with Crippen molar-refractivity contribution < 1.29 is 4.42 Å². The molecule has 0 bridgehead atoms. The molecule has 2 heteroatoms. The van der Waals surface area contributed by atoms with Gasteiger partial charge in [0.2, 0.25) is 0 Å². The van der Waals surface area contributed by atoms with E-state index in [1.165, 1.54) is 44.2 Å². The standard InChI is InChI=1S/C49H35NO/c1-49(2)42-24-12-11-21-38(42)39-22-13-25-43(46(39)49)50(36-29-27-33(28-30-36)32-15-5-3-6-16-32)44-26-14-23-40-45-37-20-10-9-19-35(37)31-41(48(45)51-47(40)44)34-17-7-4-8-18-34/h3-31H,1-2H3. The van der Waals surface area contributed by atoms with Crippen molar-refractivity contribution in [1.82, 2.24) is 0 Å². The Morgan fingerprint density at radius 3 is 1.86 bits per heavy atom. The maximum atomic E-state index is 7.19. The SMILES string of the molecule is CC1(C)c2ccccc2-c2cccc(N(c3ccc(-c4ccccc4)cc3)c3cccc4c3oc3c(-c5ccccc5)cc5ccccc5c34)c21. The fourth-order valence-electron chi connectivity index (χ4n) is 8.49. The first-order valence-corrected chi connectivity index (χ1v) is 17.7. The maximum Gasteiger partial charge on any atom is 0.159 e. The number of fused-ring (bicyclic) bond motifs is 8. The van der Waals surface area contributed by atoms with E-state index < -0.39 is 0 Å². The summed E-state index contributed by atoms with van der Waals surface area (Å²) in [6, 6.07) is 63.4. The van der Waals surface area contributed by atoms with Crippen LogP contribution in [0.25, 0.3) is 66.1 Å². The smallest absolute Gasteiger partial charge is 0.159 e. The molecule has 0 unspecified atom stereocenters. The fourth-order valence-corrected chi connectivity index (χ4v) is 8.49. The minimum Gasteiger partial charge on any atom is -0.453 e. The van der Waals surface area contributed by atoms with Gasteiger partial charge in [0.05, 0.1) is 11.4 Å². The number of anilines is 3. The van der Waals surface area contributed by atoms with Crippen LogP contribution in [0.5, 0.6) is 0 Å². The molecule has 0 saturated carbocycles. The van der Waals surface area contributed by atoms with Crippen molar-refractivity contribution in [2.45, 2.75) is 19.3 Å². The Kier molecular flexibility index (Phi) is 6.56. The van der Waals surface area contributed by atoms with Crippen molar-refractivity contribution in [3.8, 4) is 33.4 Å². The van der Waals surface area contributed by atoms with E-state index in [-0.39, 0.29) is 5.41 Å². The second-order valence-electron chi connectivity index (χ2n) is 14.1. The number of benzene rings is 8. The Hall–Kier alpha value is -6.38.